The number of nitro groups is 1. The number of nitro benzene ring substituents is 1. The van der Waals surface area contributed by atoms with E-state index in [1.54, 1.807) is 6.07 Å². The molecule has 0 bridgehead atoms. The van der Waals surface area contributed by atoms with E-state index in [-0.39, 0.29) is 23.2 Å². The molecular formula is C11H12N2O5. The maximum absolute atomic E-state index is 10.6. The number of rotatable bonds is 5. The van der Waals surface area contributed by atoms with Gasteiger partial charge in [0, 0.05) is 6.07 Å². The number of benzene rings is 1. The summed E-state index contributed by atoms with van der Waals surface area (Å²) in [7, 11) is 0. The van der Waals surface area contributed by atoms with Crippen LogP contribution >= 0.6 is 0 Å². The van der Waals surface area contributed by atoms with Gasteiger partial charge in [0.25, 0.3) is 5.69 Å². The molecular weight excluding hydrogens is 240 g/mol. The van der Waals surface area contributed by atoms with Gasteiger partial charge in [-0.05, 0) is 17.7 Å². The Balaban J connectivity index is 3.06. The maximum Gasteiger partial charge on any atom is 0.274 e. The third kappa shape index (κ3) is 3.01. The van der Waals surface area contributed by atoms with E-state index in [1.165, 1.54) is 12.1 Å². The molecule has 0 aromatic heterocycles. The molecule has 0 fully saturated rings. The fraction of sp³-hybridized carbons (Fsp3) is 0.364. The van der Waals surface area contributed by atoms with Gasteiger partial charge in [0.15, 0.2) is 0 Å². The highest BCUT2D eigenvalue weighted by atomic mass is 16.6. The van der Waals surface area contributed by atoms with Gasteiger partial charge in [0.2, 0.25) is 0 Å². The molecule has 1 aromatic rings. The monoisotopic (exact) mass is 252 g/mol. The van der Waals surface area contributed by atoms with E-state index < -0.39 is 23.7 Å². The summed E-state index contributed by atoms with van der Waals surface area (Å²) in [5, 5.41) is 47.2. The lowest BCUT2D eigenvalue weighted by Crippen LogP contribution is -2.17. The Kier molecular flexibility index (Phi) is 4.74. The van der Waals surface area contributed by atoms with Gasteiger partial charge in [-0.2, -0.15) is 5.26 Å². The highest BCUT2D eigenvalue weighted by molar-refractivity contribution is 5.43. The van der Waals surface area contributed by atoms with Gasteiger partial charge in [-0.15, -0.1) is 0 Å². The van der Waals surface area contributed by atoms with E-state index >= 15 is 0 Å². The Labute approximate surface area is 103 Å². The number of hydrogen-bond acceptors (Lipinski definition) is 6. The van der Waals surface area contributed by atoms with Crippen molar-refractivity contribution in [3.8, 4) is 6.07 Å². The van der Waals surface area contributed by atoms with Crippen LogP contribution in [0.2, 0.25) is 0 Å². The van der Waals surface area contributed by atoms with Crippen molar-refractivity contribution in [1.29, 1.82) is 5.26 Å². The van der Waals surface area contributed by atoms with Crippen molar-refractivity contribution in [2.24, 2.45) is 0 Å². The van der Waals surface area contributed by atoms with Gasteiger partial charge in [0.05, 0.1) is 35.7 Å². The van der Waals surface area contributed by atoms with Gasteiger partial charge in [-0.25, -0.2) is 0 Å². The molecule has 18 heavy (non-hydrogen) atoms. The minimum atomic E-state index is -1.32. The first-order chi connectivity index (χ1) is 8.51. The van der Waals surface area contributed by atoms with Crippen LogP contribution < -0.4 is 0 Å². The molecule has 0 radical (unpaired) electrons. The molecule has 0 spiro atoms. The lowest BCUT2D eigenvalue weighted by Gasteiger charge is -2.16. The van der Waals surface area contributed by atoms with Gasteiger partial charge < -0.3 is 15.3 Å². The normalized spacial score (nSPS) is 13.7. The van der Waals surface area contributed by atoms with Crippen LogP contribution in [0.25, 0.3) is 0 Å². The van der Waals surface area contributed by atoms with Gasteiger partial charge >= 0.3 is 0 Å². The minimum absolute atomic E-state index is 0.0423. The first-order valence-corrected chi connectivity index (χ1v) is 5.12. The van der Waals surface area contributed by atoms with Crippen LogP contribution in [0.4, 0.5) is 5.69 Å². The Morgan fingerprint density at radius 1 is 1.44 bits per heavy atom. The molecule has 0 aliphatic carbocycles. The summed E-state index contributed by atoms with van der Waals surface area (Å²) in [6.45, 7) is -0.550. The zero-order valence-electron chi connectivity index (χ0n) is 9.35. The van der Waals surface area contributed by atoms with E-state index in [0.29, 0.717) is 0 Å². The first kappa shape index (κ1) is 14.1. The zero-order valence-corrected chi connectivity index (χ0v) is 9.35. The van der Waals surface area contributed by atoms with Crippen molar-refractivity contribution in [2.45, 2.75) is 25.2 Å². The molecule has 0 saturated carbocycles. The highest BCUT2D eigenvalue weighted by Gasteiger charge is 2.21. The highest BCUT2D eigenvalue weighted by Crippen LogP contribution is 2.25. The topological polar surface area (TPSA) is 128 Å². The number of aliphatic hydroxyl groups excluding tert-OH is 3. The predicted molar refractivity (Wildman–Crippen MR) is 60.2 cm³/mol. The van der Waals surface area contributed by atoms with Crippen molar-refractivity contribution >= 4 is 5.69 Å². The molecule has 0 aliphatic heterocycles. The molecule has 0 aliphatic rings. The standard InChI is InChI=1S/C11H12N2O5/c12-4-3-10(15)11(16)7-1-2-9(13(17)18)8(5-7)6-14/h1-2,5,10-11,14-16H,3,6H2. The SMILES string of the molecule is N#CCC(O)C(O)c1ccc([N+](=O)[O-])c(CO)c1. The molecule has 7 heteroatoms. The smallest absolute Gasteiger partial charge is 0.274 e. The molecule has 2 atom stereocenters. The Bertz CT molecular complexity index is 483. The zero-order chi connectivity index (χ0) is 13.7. The van der Waals surface area contributed by atoms with E-state index in [1.807, 2.05) is 0 Å². The van der Waals surface area contributed by atoms with E-state index in [2.05, 4.69) is 0 Å². The van der Waals surface area contributed by atoms with Crippen LogP contribution in [0.1, 0.15) is 23.7 Å². The lowest BCUT2D eigenvalue weighted by molar-refractivity contribution is -0.385. The Morgan fingerprint density at radius 3 is 2.61 bits per heavy atom. The Morgan fingerprint density at radius 2 is 2.11 bits per heavy atom. The number of hydrogen-bond donors (Lipinski definition) is 3. The van der Waals surface area contributed by atoms with Crippen molar-refractivity contribution in [1.82, 2.24) is 0 Å². The quantitative estimate of drug-likeness (QED) is 0.514. The minimum Gasteiger partial charge on any atom is -0.391 e. The summed E-state index contributed by atoms with van der Waals surface area (Å²) in [5.74, 6) is 0. The molecule has 96 valence electrons. The fourth-order valence-electron chi connectivity index (χ4n) is 1.52. The van der Waals surface area contributed by atoms with E-state index in [0.717, 1.165) is 6.07 Å². The van der Waals surface area contributed by atoms with Gasteiger partial charge in [-0.3, -0.25) is 10.1 Å². The van der Waals surface area contributed by atoms with Crippen LogP contribution in [0, 0.1) is 21.4 Å². The van der Waals surface area contributed by atoms with E-state index in [9.17, 15) is 20.3 Å². The first-order valence-electron chi connectivity index (χ1n) is 5.12. The molecule has 7 nitrogen and oxygen atoms in total. The average molecular weight is 252 g/mol. The number of aliphatic hydroxyl groups is 3. The third-order valence-electron chi connectivity index (χ3n) is 2.48. The maximum atomic E-state index is 10.6. The molecule has 0 amide bonds. The second kappa shape index (κ2) is 6.07. The molecule has 2 unspecified atom stereocenters. The fourth-order valence-corrected chi connectivity index (χ4v) is 1.52. The van der Waals surface area contributed by atoms with Crippen molar-refractivity contribution in [2.75, 3.05) is 0 Å². The molecule has 0 heterocycles. The predicted octanol–water partition coefficient (Wildman–Crippen LogP) is 0.395. The summed E-state index contributed by atoms with van der Waals surface area (Å²) in [4.78, 5) is 9.99. The summed E-state index contributed by atoms with van der Waals surface area (Å²) >= 11 is 0. The summed E-state index contributed by atoms with van der Waals surface area (Å²) in [6, 6.07) is 5.37. The molecule has 1 aromatic carbocycles. The average Bonchev–Trinajstić information content (AvgIpc) is 2.37. The van der Waals surface area contributed by atoms with Crippen LogP contribution in [-0.4, -0.2) is 26.3 Å². The summed E-state index contributed by atoms with van der Waals surface area (Å²) in [6.07, 6.45) is -2.86. The Hall–Kier alpha value is -2.01. The molecule has 1 rings (SSSR count). The van der Waals surface area contributed by atoms with Crippen molar-refractivity contribution < 1.29 is 20.2 Å². The summed E-state index contributed by atoms with van der Waals surface area (Å²) < 4.78 is 0. The van der Waals surface area contributed by atoms with Crippen LogP contribution in [0.15, 0.2) is 18.2 Å². The van der Waals surface area contributed by atoms with Gasteiger partial charge in [-0.1, -0.05) is 0 Å². The largest absolute Gasteiger partial charge is 0.391 e. The molecule has 3 N–H and O–H groups in total. The van der Waals surface area contributed by atoms with Crippen LogP contribution in [0.5, 0.6) is 0 Å². The molecule has 0 saturated heterocycles. The van der Waals surface area contributed by atoms with Crippen molar-refractivity contribution in [3.05, 3.63) is 39.4 Å². The second-order valence-corrected chi connectivity index (χ2v) is 3.68. The lowest BCUT2D eigenvalue weighted by atomic mass is 10.00. The van der Waals surface area contributed by atoms with E-state index in [4.69, 9.17) is 10.4 Å². The number of nitrogens with zero attached hydrogens (tertiary/aromatic N) is 2. The number of nitriles is 1. The van der Waals surface area contributed by atoms with Gasteiger partial charge in [0.1, 0.15) is 6.10 Å². The van der Waals surface area contributed by atoms with Crippen LogP contribution in [-0.2, 0) is 6.61 Å². The summed E-state index contributed by atoms with van der Waals surface area (Å²) in [5.41, 5.74) is -0.00340. The third-order valence-corrected chi connectivity index (χ3v) is 2.48. The second-order valence-electron chi connectivity index (χ2n) is 3.68. The van der Waals surface area contributed by atoms with Crippen LogP contribution in [0.3, 0.4) is 0 Å². The van der Waals surface area contributed by atoms with Crippen molar-refractivity contribution in [3.63, 3.8) is 0 Å².